The Bertz CT molecular complexity index is 90.7. The lowest BCUT2D eigenvalue weighted by Gasteiger charge is -2.06. The minimum atomic E-state index is -1.21. The highest BCUT2D eigenvalue weighted by molar-refractivity contribution is 9.09. The van der Waals surface area contributed by atoms with Gasteiger partial charge in [0.05, 0.1) is 0 Å². The molecule has 0 unspecified atom stereocenters. The van der Waals surface area contributed by atoms with Crippen molar-refractivity contribution in [1.82, 2.24) is 0 Å². The Kier molecular flexibility index (Phi) is 2.63. The van der Waals surface area contributed by atoms with Crippen LogP contribution in [-0.4, -0.2) is 13.0 Å². The van der Waals surface area contributed by atoms with Crippen LogP contribution < -0.4 is 0 Å². The van der Waals surface area contributed by atoms with Crippen molar-refractivity contribution in [1.29, 1.82) is 0 Å². The van der Waals surface area contributed by atoms with Crippen molar-refractivity contribution in [2.24, 2.45) is 0 Å². The van der Waals surface area contributed by atoms with Crippen LogP contribution in [0.25, 0.3) is 0 Å². The standard InChI is InChI=1S/C5H9BrSi/c1-4-7(2,3)5-6/h1H,5H2,2-3H3. The maximum absolute atomic E-state index is 5.20. The monoisotopic (exact) mass is 176 g/mol. The molecular weight excluding hydrogens is 168 g/mol. The minimum Gasteiger partial charge on any atom is -0.134 e. The first kappa shape index (κ1) is 7.26. The molecule has 0 aromatic rings. The van der Waals surface area contributed by atoms with Crippen LogP contribution >= 0.6 is 15.9 Å². The van der Waals surface area contributed by atoms with E-state index in [9.17, 15) is 0 Å². The Morgan fingerprint density at radius 3 is 2.14 bits per heavy atom. The van der Waals surface area contributed by atoms with Crippen LogP contribution in [0.5, 0.6) is 0 Å². The van der Waals surface area contributed by atoms with Crippen molar-refractivity contribution in [3.8, 4) is 12.0 Å². The third kappa shape index (κ3) is 2.90. The molecule has 0 aromatic carbocycles. The molecule has 0 radical (unpaired) electrons. The molecule has 0 aromatic heterocycles. The number of alkyl halides is 1. The van der Waals surface area contributed by atoms with Gasteiger partial charge >= 0.3 is 0 Å². The van der Waals surface area contributed by atoms with E-state index in [-0.39, 0.29) is 0 Å². The summed E-state index contributed by atoms with van der Waals surface area (Å²) in [7, 11) is -1.21. The van der Waals surface area contributed by atoms with Crippen molar-refractivity contribution in [2.45, 2.75) is 13.1 Å². The van der Waals surface area contributed by atoms with E-state index in [2.05, 4.69) is 34.6 Å². The summed E-state index contributed by atoms with van der Waals surface area (Å²) in [6, 6.07) is 0. The van der Waals surface area contributed by atoms with Crippen molar-refractivity contribution in [3.05, 3.63) is 0 Å². The Balaban J connectivity index is 3.66. The van der Waals surface area contributed by atoms with Crippen molar-refractivity contribution in [3.63, 3.8) is 0 Å². The predicted molar refractivity (Wildman–Crippen MR) is 40.1 cm³/mol. The lowest BCUT2D eigenvalue weighted by atomic mass is 11.4. The summed E-state index contributed by atoms with van der Waals surface area (Å²) < 4.78 is 0. The topological polar surface area (TPSA) is 0 Å². The van der Waals surface area contributed by atoms with E-state index < -0.39 is 8.07 Å². The van der Waals surface area contributed by atoms with Crippen molar-refractivity contribution < 1.29 is 0 Å². The van der Waals surface area contributed by atoms with Gasteiger partial charge in [0, 0.05) is 4.95 Å². The second kappa shape index (κ2) is 2.54. The fourth-order valence-electron chi connectivity index (χ4n) is 0.0386. The number of hydrogen-bond acceptors (Lipinski definition) is 0. The van der Waals surface area contributed by atoms with Gasteiger partial charge in [-0.25, -0.2) is 0 Å². The highest BCUT2D eigenvalue weighted by atomic mass is 79.9. The Hall–Kier alpha value is 0.257. The van der Waals surface area contributed by atoms with Crippen molar-refractivity contribution in [2.75, 3.05) is 4.95 Å². The zero-order valence-electron chi connectivity index (χ0n) is 4.66. The Morgan fingerprint density at radius 1 is 1.71 bits per heavy atom. The summed E-state index contributed by atoms with van der Waals surface area (Å²) in [6.45, 7) is 4.31. The van der Waals surface area contributed by atoms with Crippen LogP contribution in [0.1, 0.15) is 0 Å². The summed E-state index contributed by atoms with van der Waals surface area (Å²) in [5.74, 6) is 0. The second-order valence-corrected chi connectivity index (χ2v) is 8.17. The van der Waals surface area contributed by atoms with Gasteiger partial charge < -0.3 is 0 Å². The highest BCUT2D eigenvalue weighted by Gasteiger charge is 2.13. The minimum absolute atomic E-state index is 1.01. The molecule has 0 heterocycles. The van der Waals surface area contributed by atoms with E-state index >= 15 is 0 Å². The molecule has 40 valence electrons. The van der Waals surface area contributed by atoms with Gasteiger partial charge in [-0.3, -0.25) is 0 Å². The molecule has 0 fully saturated rings. The third-order valence-corrected chi connectivity index (χ3v) is 6.38. The van der Waals surface area contributed by atoms with E-state index in [1.165, 1.54) is 0 Å². The zero-order chi connectivity index (χ0) is 5.91. The normalized spacial score (nSPS) is 10.6. The average molecular weight is 177 g/mol. The van der Waals surface area contributed by atoms with Gasteiger partial charge in [-0.2, -0.15) is 0 Å². The van der Waals surface area contributed by atoms with Crippen LogP contribution in [0.3, 0.4) is 0 Å². The molecule has 0 atom stereocenters. The summed E-state index contributed by atoms with van der Waals surface area (Å²) in [5, 5.41) is 0. The SMILES string of the molecule is C#C[Si](C)(C)CBr. The first-order valence-corrected chi connectivity index (χ1v) is 6.49. The summed E-state index contributed by atoms with van der Waals surface area (Å²) >= 11 is 3.35. The molecule has 0 spiro atoms. The zero-order valence-corrected chi connectivity index (χ0v) is 7.25. The highest BCUT2D eigenvalue weighted by Crippen LogP contribution is 2.01. The average Bonchev–Trinajstić information content (AvgIpc) is 1.68. The molecule has 0 aliphatic carbocycles. The number of halogens is 1. The number of terminal acetylenes is 1. The van der Waals surface area contributed by atoms with Crippen LogP contribution in [0, 0.1) is 12.0 Å². The van der Waals surface area contributed by atoms with Gasteiger partial charge in [-0.05, 0) is 0 Å². The van der Waals surface area contributed by atoms with Gasteiger partial charge in [-0.15, -0.1) is 12.0 Å². The van der Waals surface area contributed by atoms with E-state index in [4.69, 9.17) is 6.42 Å². The Morgan fingerprint density at radius 2 is 2.14 bits per heavy atom. The van der Waals surface area contributed by atoms with Gasteiger partial charge in [-0.1, -0.05) is 29.0 Å². The molecule has 0 N–H and O–H groups in total. The number of rotatable bonds is 1. The molecule has 0 rings (SSSR count). The van der Waals surface area contributed by atoms with Gasteiger partial charge in [0.25, 0.3) is 0 Å². The van der Waals surface area contributed by atoms with Crippen LogP contribution in [0.15, 0.2) is 0 Å². The van der Waals surface area contributed by atoms with E-state index in [0.29, 0.717) is 0 Å². The fourth-order valence-corrected chi connectivity index (χ4v) is 0.601. The summed E-state index contributed by atoms with van der Waals surface area (Å²) in [4.78, 5) is 1.01. The first-order valence-electron chi connectivity index (χ1n) is 2.16. The predicted octanol–water partition coefficient (Wildman–Crippen LogP) is 1.80. The van der Waals surface area contributed by atoms with Crippen LogP contribution in [0.2, 0.25) is 13.1 Å². The van der Waals surface area contributed by atoms with E-state index in [0.717, 1.165) is 4.95 Å². The molecule has 0 nitrogen and oxygen atoms in total. The summed E-state index contributed by atoms with van der Waals surface area (Å²) in [5.41, 5.74) is 2.78. The summed E-state index contributed by atoms with van der Waals surface area (Å²) in [6.07, 6.45) is 5.20. The lowest BCUT2D eigenvalue weighted by Crippen LogP contribution is -2.25. The largest absolute Gasteiger partial charge is 0.142 e. The molecule has 2 heteroatoms. The molecule has 0 saturated heterocycles. The molecular formula is C5H9BrSi. The van der Waals surface area contributed by atoms with E-state index in [1.54, 1.807) is 0 Å². The molecule has 7 heavy (non-hydrogen) atoms. The third-order valence-electron chi connectivity index (χ3n) is 0.725. The second-order valence-electron chi connectivity index (χ2n) is 2.16. The van der Waals surface area contributed by atoms with Crippen LogP contribution in [-0.2, 0) is 0 Å². The van der Waals surface area contributed by atoms with Crippen LogP contribution in [0.4, 0.5) is 0 Å². The van der Waals surface area contributed by atoms with E-state index in [1.807, 2.05) is 0 Å². The fraction of sp³-hybridized carbons (Fsp3) is 0.600. The smallest absolute Gasteiger partial charge is 0.134 e. The molecule has 0 aliphatic rings. The lowest BCUT2D eigenvalue weighted by molar-refractivity contribution is 1.80. The molecule has 0 saturated carbocycles. The number of hydrogen-bond donors (Lipinski definition) is 0. The molecule has 0 aliphatic heterocycles. The first-order chi connectivity index (χ1) is 3.12. The quantitative estimate of drug-likeness (QED) is 0.325. The van der Waals surface area contributed by atoms with Gasteiger partial charge in [0.1, 0.15) is 8.07 Å². The van der Waals surface area contributed by atoms with Gasteiger partial charge in [0.2, 0.25) is 0 Å². The van der Waals surface area contributed by atoms with Crippen molar-refractivity contribution >= 4 is 24.0 Å². The molecule has 0 bridgehead atoms. The van der Waals surface area contributed by atoms with Gasteiger partial charge in [0.15, 0.2) is 0 Å². The Labute approximate surface area is 54.4 Å². The maximum Gasteiger partial charge on any atom is 0.142 e. The maximum atomic E-state index is 5.20. The molecule has 0 amide bonds.